The number of carboxylic acids is 1. The van der Waals surface area contributed by atoms with Gasteiger partial charge in [0.1, 0.15) is 5.92 Å². The molecule has 1 unspecified atom stereocenters. The number of hydrogen-bond donors (Lipinski definition) is 0. The Morgan fingerprint density at radius 3 is 2.80 bits per heavy atom. The van der Waals surface area contributed by atoms with Crippen LogP contribution in [0.3, 0.4) is 0 Å². The van der Waals surface area contributed by atoms with Gasteiger partial charge in [-0.05, 0) is 6.42 Å². The highest BCUT2D eigenvalue weighted by Crippen LogP contribution is 1.95. The van der Waals surface area contributed by atoms with Crippen molar-refractivity contribution in [1.29, 1.82) is 5.26 Å². The third-order valence-electron chi connectivity index (χ3n) is 0.957. The normalized spacial score (nSPS) is 12.8. The highest BCUT2D eigenvalue weighted by atomic mass is 16.4. The van der Waals surface area contributed by atoms with E-state index in [0.717, 1.165) is 6.42 Å². The van der Waals surface area contributed by atoms with Crippen LogP contribution in [0.1, 0.15) is 13.3 Å². The summed E-state index contributed by atoms with van der Waals surface area (Å²) in [4.78, 5) is 10.1. The van der Waals surface area contributed by atoms with Gasteiger partial charge in [0, 0.05) is 0 Å². The molecular formula is C7H8NO2-. The molecule has 10 heavy (non-hydrogen) atoms. The lowest BCUT2D eigenvalue weighted by Gasteiger charge is -2.01. The van der Waals surface area contributed by atoms with Crippen molar-refractivity contribution >= 4 is 5.97 Å². The predicted molar refractivity (Wildman–Crippen MR) is 33.5 cm³/mol. The molecule has 54 valence electrons. The quantitative estimate of drug-likeness (QED) is 0.509. The highest BCUT2D eigenvalue weighted by molar-refractivity contribution is 5.72. The third kappa shape index (κ3) is 2.88. The van der Waals surface area contributed by atoms with Gasteiger partial charge in [-0.1, -0.05) is 19.1 Å². The first-order chi connectivity index (χ1) is 4.72. The Bertz CT molecular complexity index is 179. The predicted octanol–water partition coefficient (Wildman–Crippen LogP) is -0.158. The lowest BCUT2D eigenvalue weighted by atomic mass is 10.1. The molecule has 0 N–H and O–H groups in total. The third-order valence-corrected chi connectivity index (χ3v) is 0.957. The van der Waals surface area contributed by atoms with Crippen molar-refractivity contribution in [3.8, 4) is 6.07 Å². The molecule has 0 aliphatic carbocycles. The number of rotatable bonds is 3. The largest absolute Gasteiger partial charge is 0.548 e. The van der Waals surface area contributed by atoms with Gasteiger partial charge >= 0.3 is 0 Å². The Morgan fingerprint density at radius 2 is 2.50 bits per heavy atom. The molecule has 0 aromatic heterocycles. The zero-order chi connectivity index (χ0) is 7.98. The molecule has 0 aliphatic rings. The van der Waals surface area contributed by atoms with E-state index in [0.29, 0.717) is 0 Å². The second-order valence-corrected chi connectivity index (χ2v) is 1.76. The lowest BCUT2D eigenvalue weighted by Crippen LogP contribution is -2.29. The second-order valence-electron chi connectivity index (χ2n) is 1.76. The van der Waals surface area contributed by atoms with E-state index in [1.165, 1.54) is 6.08 Å². The number of hydrogen-bond acceptors (Lipinski definition) is 3. The Labute approximate surface area is 59.6 Å². The molecule has 3 heteroatoms. The van der Waals surface area contributed by atoms with Crippen molar-refractivity contribution in [2.24, 2.45) is 5.92 Å². The van der Waals surface area contributed by atoms with Gasteiger partial charge < -0.3 is 9.90 Å². The summed E-state index contributed by atoms with van der Waals surface area (Å²) >= 11 is 0. The van der Waals surface area contributed by atoms with Crippen LogP contribution >= 0.6 is 0 Å². The number of nitriles is 1. The fourth-order valence-corrected chi connectivity index (χ4v) is 0.446. The standard InChI is InChI=1S/C7H9NO2/c1-2-3-4-6(5-8)7(9)10/h3-4,6H,2H2,1H3,(H,9,10)/p-1/b4-3+. The molecule has 0 bridgehead atoms. The van der Waals surface area contributed by atoms with Crippen LogP contribution in [-0.4, -0.2) is 5.97 Å². The summed E-state index contributed by atoms with van der Waals surface area (Å²) in [6.07, 6.45) is 3.68. The first kappa shape index (κ1) is 8.70. The summed E-state index contributed by atoms with van der Waals surface area (Å²) in [7, 11) is 0. The maximum atomic E-state index is 10.1. The molecule has 0 amide bonds. The molecule has 0 saturated heterocycles. The maximum absolute atomic E-state index is 10.1. The minimum atomic E-state index is -1.34. The highest BCUT2D eigenvalue weighted by Gasteiger charge is 2.00. The molecule has 0 spiro atoms. The van der Waals surface area contributed by atoms with Crippen molar-refractivity contribution in [2.75, 3.05) is 0 Å². The Kier molecular flexibility index (Phi) is 3.97. The number of carboxylic acid groups (broad SMARTS) is 1. The van der Waals surface area contributed by atoms with E-state index in [9.17, 15) is 9.90 Å². The number of carbonyl (C=O) groups is 1. The van der Waals surface area contributed by atoms with Crippen LogP contribution in [0.15, 0.2) is 12.2 Å². The molecule has 0 saturated carbocycles. The molecule has 1 atom stereocenters. The summed E-state index contributed by atoms with van der Waals surface area (Å²) in [5.41, 5.74) is 0. The van der Waals surface area contributed by atoms with Crippen molar-refractivity contribution < 1.29 is 9.90 Å². The molecule has 0 rings (SSSR count). The smallest absolute Gasteiger partial charge is 0.104 e. The Balaban J connectivity index is 3.99. The number of aliphatic carboxylic acids is 1. The molecule has 0 aliphatic heterocycles. The van der Waals surface area contributed by atoms with E-state index in [2.05, 4.69) is 0 Å². The van der Waals surface area contributed by atoms with Crippen molar-refractivity contribution in [3.63, 3.8) is 0 Å². The van der Waals surface area contributed by atoms with Gasteiger partial charge in [0.05, 0.1) is 12.0 Å². The van der Waals surface area contributed by atoms with E-state index in [4.69, 9.17) is 5.26 Å². The second kappa shape index (κ2) is 4.57. The molecule has 0 heterocycles. The van der Waals surface area contributed by atoms with Crippen LogP contribution in [0.4, 0.5) is 0 Å². The molecule has 0 aromatic rings. The van der Waals surface area contributed by atoms with E-state index in [1.807, 2.05) is 6.92 Å². The van der Waals surface area contributed by atoms with Crippen LogP contribution in [0.25, 0.3) is 0 Å². The molecule has 3 nitrogen and oxygen atoms in total. The molecule has 0 radical (unpaired) electrons. The Hall–Kier alpha value is -1.30. The zero-order valence-corrected chi connectivity index (χ0v) is 5.70. The van der Waals surface area contributed by atoms with Gasteiger partial charge in [0.2, 0.25) is 0 Å². The summed E-state index contributed by atoms with van der Waals surface area (Å²) in [6, 6.07) is 1.59. The summed E-state index contributed by atoms with van der Waals surface area (Å²) in [6.45, 7) is 1.86. The SMILES string of the molecule is CC/C=C/C(C#N)C(=O)[O-]. The van der Waals surface area contributed by atoms with Crippen molar-refractivity contribution in [1.82, 2.24) is 0 Å². The van der Waals surface area contributed by atoms with Crippen molar-refractivity contribution in [3.05, 3.63) is 12.2 Å². The van der Waals surface area contributed by atoms with Gasteiger partial charge in [0.15, 0.2) is 0 Å². The molecule has 0 fully saturated rings. The number of carbonyl (C=O) groups excluding carboxylic acids is 1. The fourth-order valence-electron chi connectivity index (χ4n) is 0.446. The van der Waals surface area contributed by atoms with E-state index >= 15 is 0 Å². The zero-order valence-electron chi connectivity index (χ0n) is 5.70. The van der Waals surface area contributed by atoms with Crippen LogP contribution < -0.4 is 5.11 Å². The van der Waals surface area contributed by atoms with Crippen LogP contribution in [0, 0.1) is 17.2 Å². The first-order valence-corrected chi connectivity index (χ1v) is 2.99. The lowest BCUT2D eigenvalue weighted by molar-refractivity contribution is -0.307. The fraction of sp³-hybridized carbons (Fsp3) is 0.429. The van der Waals surface area contributed by atoms with E-state index in [1.54, 1.807) is 12.1 Å². The number of allylic oxidation sites excluding steroid dienone is 1. The van der Waals surface area contributed by atoms with E-state index < -0.39 is 11.9 Å². The van der Waals surface area contributed by atoms with Crippen LogP contribution in [-0.2, 0) is 4.79 Å². The molecule has 0 aromatic carbocycles. The van der Waals surface area contributed by atoms with Crippen LogP contribution in [0.2, 0.25) is 0 Å². The average molecular weight is 138 g/mol. The van der Waals surface area contributed by atoms with Crippen molar-refractivity contribution in [2.45, 2.75) is 13.3 Å². The minimum Gasteiger partial charge on any atom is -0.548 e. The van der Waals surface area contributed by atoms with Gasteiger partial charge in [-0.15, -0.1) is 0 Å². The number of nitrogens with zero attached hydrogens (tertiary/aromatic N) is 1. The Morgan fingerprint density at radius 1 is 1.90 bits per heavy atom. The summed E-state index contributed by atoms with van der Waals surface area (Å²) in [5.74, 6) is -2.44. The average Bonchev–Trinajstić information content (AvgIpc) is 1.89. The van der Waals surface area contributed by atoms with Crippen LogP contribution in [0.5, 0.6) is 0 Å². The van der Waals surface area contributed by atoms with Gasteiger partial charge in [-0.3, -0.25) is 0 Å². The summed E-state index contributed by atoms with van der Waals surface area (Å²) in [5, 5.41) is 18.3. The molecular weight excluding hydrogens is 130 g/mol. The monoisotopic (exact) mass is 138 g/mol. The van der Waals surface area contributed by atoms with E-state index in [-0.39, 0.29) is 0 Å². The minimum absolute atomic E-state index is 0.728. The first-order valence-electron chi connectivity index (χ1n) is 2.99. The topological polar surface area (TPSA) is 63.9 Å². The summed E-state index contributed by atoms with van der Waals surface area (Å²) < 4.78 is 0. The van der Waals surface area contributed by atoms with Gasteiger partial charge in [-0.2, -0.15) is 5.26 Å². The van der Waals surface area contributed by atoms with Gasteiger partial charge in [0.25, 0.3) is 0 Å². The van der Waals surface area contributed by atoms with Gasteiger partial charge in [-0.25, -0.2) is 0 Å². The maximum Gasteiger partial charge on any atom is 0.104 e.